The second-order valence-corrected chi connectivity index (χ2v) is 32.6. The maximum atomic E-state index is 14.8. The normalized spacial score (nSPS) is 14.5. The molecule has 0 unspecified atom stereocenters. The highest BCUT2D eigenvalue weighted by Crippen LogP contribution is 2.39. The number of benzene rings is 10. The Morgan fingerprint density at radius 1 is 0.350 bits per heavy atom. The Hall–Kier alpha value is -13.7. The first-order valence-corrected chi connectivity index (χ1v) is 44.0. The molecular weight excluding hydrogens is 1970 g/mol. The fourth-order valence-electron chi connectivity index (χ4n) is 14.1. The summed E-state index contributed by atoms with van der Waals surface area (Å²) in [5, 5.41) is 52.6. The van der Waals surface area contributed by atoms with Gasteiger partial charge in [-0.3, -0.25) is 19.5 Å². The molecule has 15 aromatic rings. The first-order chi connectivity index (χ1) is 67.1. The Bertz CT molecular complexity index is 7500. The Morgan fingerprint density at radius 3 is 1.03 bits per heavy atom. The summed E-state index contributed by atoms with van der Waals surface area (Å²) in [6.07, 6.45) is 1.89. The van der Waals surface area contributed by atoms with Crippen LogP contribution in [-0.4, -0.2) is 214 Å². The van der Waals surface area contributed by atoms with E-state index < -0.39 is 81.6 Å². The molecular formula is C92H77Cl5F13N19O11. The van der Waals surface area contributed by atoms with Gasteiger partial charge < -0.3 is 55.0 Å². The molecule has 10 aromatic carbocycles. The molecule has 0 bridgehead atoms. The van der Waals surface area contributed by atoms with E-state index in [1.54, 1.807) is 0 Å². The quantitative estimate of drug-likeness (QED) is 0.0249. The Kier molecular flexibility index (Phi) is 34.2. The van der Waals surface area contributed by atoms with E-state index >= 15 is 0 Å². The molecule has 140 heavy (non-hydrogen) atoms. The van der Waals surface area contributed by atoms with E-state index in [4.69, 9.17) is 81.7 Å². The molecule has 3 saturated heterocycles. The van der Waals surface area contributed by atoms with Crippen molar-refractivity contribution < 1.29 is 112 Å². The first kappa shape index (κ1) is 102. The minimum absolute atomic E-state index is 0.0122. The molecule has 5 aromatic heterocycles. The number of halogens is 18. The lowest BCUT2D eigenvalue weighted by Gasteiger charge is -2.26. The molecule has 48 heteroatoms. The molecule has 6 N–H and O–H groups in total. The largest absolute Gasteiger partial charge is 0.493 e. The van der Waals surface area contributed by atoms with Crippen LogP contribution in [0.5, 0.6) is 11.5 Å². The highest BCUT2D eigenvalue weighted by Gasteiger charge is 2.36. The summed E-state index contributed by atoms with van der Waals surface area (Å²) in [5.41, 5.74) is 1.33. The fourth-order valence-corrected chi connectivity index (χ4v) is 14.9. The number of rotatable bonds is 19. The van der Waals surface area contributed by atoms with Gasteiger partial charge in [-0.2, -0.15) is 36.8 Å². The van der Waals surface area contributed by atoms with Crippen LogP contribution in [0.4, 0.5) is 85.5 Å². The number of hydrogen-bond donors (Lipinski definition) is 6. The number of alkyl halides is 3. The lowest BCUT2D eigenvalue weighted by molar-refractivity contribution is -0.138. The van der Waals surface area contributed by atoms with Crippen molar-refractivity contribution >= 4 is 147 Å². The third-order valence-corrected chi connectivity index (χ3v) is 22.6. The topological polar surface area (TPSA) is 337 Å². The fraction of sp³-hybridized carbons (Fsp3) is 0.228. The van der Waals surface area contributed by atoms with Gasteiger partial charge in [0.1, 0.15) is 78.1 Å². The van der Waals surface area contributed by atoms with E-state index in [1.165, 1.54) is 109 Å². The van der Waals surface area contributed by atoms with Crippen LogP contribution in [0, 0.1) is 58.2 Å². The summed E-state index contributed by atoms with van der Waals surface area (Å²) in [5.74, 6) is -8.05. The van der Waals surface area contributed by atoms with Gasteiger partial charge in [-0.25, -0.2) is 93.8 Å². The van der Waals surface area contributed by atoms with Crippen molar-refractivity contribution in [2.75, 3.05) is 118 Å². The number of amides is 1. The number of carbonyl (C=O) groups is 1. The zero-order valence-corrected chi connectivity index (χ0v) is 76.4. The van der Waals surface area contributed by atoms with E-state index in [-0.39, 0.29) is 125 Å². The van der Waals surface area contributed by atoms with Gasteiger partial charge in [0.25, 0.3) is 5.91 Å². The van der Waals surface area contributed by atoms with Crippen molar-refractivity contribution in [1.29, 1.82) is 0 Å². The molecule has 8 heterocycles. The van der Waals surface area contributed by atoms with Gasteiger partial charge in [0.15, 0.2) is 50.6 Å². The van der Waals surface area contributed by atoms with Crippen molar-refractivity contribution in [3.63, 3.8) is 0 Å². The standard InChI is InChI=1S/C22H21ClF4N4O3.C21H20ClF2N5O3.C21H21ClF2N4O3.C14H7ClF3N3O.C14H8ClF2N3O/c23-17-10-14(2-3-18(17)24)29-21-15-11-16(22(25,26)27)20(12-19(15)31(32)13-28-21)34-7-1-4-30-5-8-33-9-6-30;22-16-9-13(1-2-17(16)23)27-20-15-10-18(24)14(11-19(15)29(31)12-26-20)21(30)25-3-4-28-5-7-32-8-6-28;22-16-10-14(2-3-17(16)23)26-21-15-11-18(24)20(12-19(15)28(29)13-25-21)31-7-1-4-27-5-8-30-9-6-27;15-9-3-7(1-2-10(9)16)20-14-8-4-11(17)12(18)5-13(8)21(22)6-19-14;15-11-6-9(2-3-12(11)17)19-14-10-5-8(16)1-4-13(10)20(21)7-18-14/h2-3,10-13,32H,1,4-9H2;1-2,9-12,31H,3-8H2,(H,25,30);2-3,10-13,29H,1,4-9H2;1-6,22H;1-7,21H. The summed E-state index contributed by atoms with van der Waals surface area (Å²) in [7, 11) is 0. The predicted octanol–water partition coefficient (Wildman–Crippen LogP) is 17.5. The van der Waals surface area contributed by atoms with E-state index in [2.05, 4.69) is 69.9 Å². The summed E-state index contributed by atoms with van der Waals surface area (Å²) in [6, 6.07) is 31.5. The molecule has 18 rings (SSSR count). The number of aromatic nitrogens is 10. The SMILES string of the molecule is O=C(NCCN1CCOCC1)c1cc2c(cc1F)c(=Nc1ccc(F)c(Cl)c1)ncn2O.On1cnc(=Nc2ccc(F)c(Cl)c2)c2cc(C(F)(F)F)c(OCCCN3CCOCC3)cc21.On1cnc(=Nc2ccc(F)c(Cl)c2)c2cc(F)c(F)cc21.On1cnc(=Nc2ccc(F)c(Cl)c2)c2cc(F)c(OCCCN3CCOCC3)cc21.On1cnc(=Nc2ccc(F)c(Cl)c2)c2cc(F)ccc21. The Morgan fingerprint density at radius 2 is 0.657 bits per heavy atom. The monoisotopic (exact) mass is 2050 g/mol. The van der Waals surface area contributed by atoms with Crippen LogP contribution in [0.25, 0.3) is 54.5 Å². The lowest BCUT2D eigenvalue weighted by Crippen LogP contribution is -2.41. The predicted molar refractivity (Wildman–Crippen MR) is 487 cm³/mol. The van der Waals surface area contributed by atoms with Gasteiger partial charge in [-0.1, -0.05) is 58.0 Å². The third-order valence-electron chi connectivity index (χ3n) is 21.1. The van der Waals surface area contributed by atoms with E-state index in [9.17, 15) is 87.9 Å². The molecule has 0 spiro atoms. The molecule has 1 amide bonds. The maximum absolute atomic E-state index is 14.8. The number of nitrogens with one attached hydrogen (secondary N) is 1. The Balaban J connectivity index is 0.000000141. The van der Waals surface area contributed by atoms with Gasteiger partial charge in [0.2, 0.25) is 0 Å². The van der Waals surface area contributed by atoms with Crippen molar-refractivity contribution in [3.05, 3.63) is 311 Å². The molecule has 30 nitrogen and oxygen atoms in total. The smallest absolute Gasteiger partial charge is 0.419 e. The van der Waals surface area contributed by atoms with Crippen molar-refractivity contribution in [2.45, 2.75) is 19.0 Å². The summed E-state index contributed by atoms with van der Waals surface area (Å²) in [6.45, 7) is 11.8. The molecule has 732 valence electrons. The van der Waals surface area contributed by atoms with Gasteiger partial charge in [-0.05, 0) is 152 Å². The van der Waals surface area contributed by atoms with Crippen LogP contribution in [0.1, 0.15) is 28.8 Å². The second kappa shape index (κ2) is 46.8. The second-order valence-electron chi connectivity index (χ2n) is 30.6. The van der Waals surface area contributed by atoms with E-state index in [0.717, 1.165) is 155 Å². The number of morpholine rings is 3. The van der Waals surface area contributed by atoms with Crippen LogP contribution >= 0.6 is 58.0 Å². The zero-order chi connectivity index (χ0) is 99.6. The number of ether oxygens (including phenoxy) is 5. The minimum Gasteiger partial charge on any atom is -0.493 e. The van der Waals surface area contributed by atoms with Crippen LogP contribution < -0.4 is 42.2 Å². The molecule has 0 radical (unpaired) electrons. The van der Waals surface area contributed by atoms with Gasteiger partial charge >= 0.3 is 6.18 Å². The molecule has 3 fully saturated rings. The third kappa shape index (κ3) is 26.4. The van der Waals surface area contributed by atoms with Crippen molar-refractivity contribution in [1.82, 2.24) is 68.6 Å². The molecule has 3 aliphatic heterocycles. The summed E-state index contributed by atoms with van der Waals surface area (Å²) in [4.78, 5) is 59.9. The zero-order valence-electron chi connectivity index (χ0n) is 72.6. The van der Waals surface area contributed by atoms with Crippen LogP contribution in [0.2, 0.25) is 25.1 Å². The molecule has 0 saturated carbocycles. The van der Waals surface area contributed by atoms with E-state index in [1.807, 2.05) is 0 Å². The van der Waals surface area contributed by atoms with Crippen LogP contribution in [0.15, 0.2) is 214 Å². The molecule has 3 aliphatic rings. The highest BCUT2D eigenvalue weighted by molar-refractivity contribution is 6.32. The van der Waals surface area contributed by atoms with Crippen LogP contribution in [-0.2, 0) is 20.4 Å². The van der Waals surface area contributed by atoms with Gasteiger partial charge in [0.05, 0.1) is 145 Å². The molecule has 0 atom stereocenters. The lowest BCUT2D eigenvalue weighted by atomic mass is 10.1. The summed E-state index contributed by atoms with van der Waals surface area (Å²) >= 11 is 28.7. The first-order valence-electron chi connectivity index (χ1n) is 42.1. The van der Waals surface area contributed by atoms with E-state index in [0.29, 0.717) is 101 Å². The number of hydrogen-bond acceptors (Lipinski definition) is 24. The molecule has 0 aliphatic carbocycles. The Labute approximate surface area is 807 Å². The number of nitrogens with zero attached hydrogens (tertiary/aromatic N) is 18. The average Bonchev–Trinajstić information content (AvgIpc) is 0.791. The summed E-state index contributed by atoms with van der Waals surface area (Å²) < 4.78 is 208. The average molecular weight is 2050 g/mol. The van der Waals surface area contributed by atoms with Gasteiger partial charge in [-0.15, -0.1) is 0 Å². The maximum Gasteiger partial charge on any atom is 0.419 e. The minimum atomic E-state index is -4.72. The van der Waals surface area contributed by atoms with Crippen molar-refractivity contribution in [2.24, 2.45) is 25.0 Å². The van der Waals surface area contributed by atoms with Crippen molar-refractivity contribution in [3.8, 4) is 11.5 Å². The number of fused-ring (bicyclic) bond motifs is 5. The van der Waals surface area contributed by atoms with Gasteiger partial charge in [0, 0.05) is 111 Å². The van der Waals surface area contributed by atoms with Crippen LogP contribution in [0.3, 0.4) is 0 Å². The number of carbonyl (C=O) groups excluding carboxylic acids is 1. The highest BCUT2D eigenvalue weighted by atomic mass is 35.5.